The molecule has 0 aliphatic carbocycles. The molecule has 0 saturated carbocycles. The molecule has 0 radical (unpaired) electrons. The number of ether oxygens (including phenoxy) is 1. The summed E-state index contributed by atoms with van der Waals surface area (Å²) >= 11 is 5.91. The van der Waals surface area contributed by atoms with Gasteiger partial charge in [-0.3, -0.25) is 10.2 Å². The first-order chi connectivity index (χ1) is 11.2. The third kappa shape index (κ3) is 3.84. The Kier molecular flexibility index (Phi) is 5.50. The van der Waals surface area contributed by atoms with Crippen LogP contribution in [0.2, 0.25) is 5.02 Å². The SMILES string of the molecule is COC(CNC(=O)C1NNC2CCNCC21)c1ccc(Cl)cc1. The lowest BCUT2D eigenvalue weighted by atomic mass is 9.89. The van der Waals surface area contributed by atoms with Crippen molar-refractivity contribution >= 4 is 17.5 Å². The second kappa shape index (κ2) is 7.59. The molecular weight excluding hydrogens is 316 g/mol. The van der Waals surface area contributed by atoms with E-state index in [0.717, 1.165) is 25.1 Å². The Labute approximate surface area is 141 Å². The molecule has 1 aromatic rings. The highest BCUT2D eigenvalue weighted by Crippen LogP contribution is 2.21. The van der Waals surface area contributed by atoms with Crippen molar-refractivity contribution in [3.05, 3.63) is 34.9 Å². The van der Waals surface area contributed by atoms with Gasteiger partial charge in [0.1, 0.15) is 6.04 Å². The molecule has 7 heteroatoms. The Balaban J connectivity index is 1.56. The summed E-state index contributed by atoms with van der Waals surface area (Å²) in [6.45, 7) is 2.28. The van der Waals surface area contributed by atoms with Crippen molar-refractivity contribution in [2.24, 2.45) is 5.92 Å². The zero-order valence-corrected chi connectivity index (χ0v) is 13.9. The quantitative estimate of drug-likeness (QED) is 0.632. The molecule has 2 aliphatic heterocycles. The number of halogens is 1. The number of benzene rings is 1. The van der Waals surface area contributed by atoms with Crippen molar-refractivity contribution in [2.45, 2.75) is 24.6 Å². The lowest BCUT2D eigenvalue weighted by Gasteiger charge is -2.27. The number of nitrogens with one attached hydrogen (secondary N) is 4. The summed E-state index contributed by atoms with van der Waals surface area (Å²) in [6, 6.07) is 7.63. The van der Waals surface area contributed by atoms with Crippen LogP contribution >= 0.6 is 11.6 Å². The summed E-state index contributed by atoms with van der Waals surface area (Å²) < 4.78 is 5.49. The average Bonchev–Trinajstić information content (AvgIpc) is 3.01. The lowest BCUT2D eigenvalue weighted by molar-refractivity contribution is -0.124. The third-order valence-corrected chi connectivity index (χ3v) is 4.90. The van der Waals surface area contributed by atoms with E-state index in [-0.39, 0.29) is 24.0 Å². The van der Waals surface area contributed by atoms with Crippen molar-refractivity contribution in [3.63, 3.8) is 0 Å². The number of methoxy groups -OCH3 is 1. The van der Waals surface area contributed by atoms with Gasteiger partial charge in [0, 0.05) is 37.2 Å². The van der Waals surface area contributed by atoms with Crippen LogP contribution < -0.4 is 21.5 Å². The summed E-state index contributed by atoms with van der Waals surface area (Å²) in [5.41, 5.74) is 7.35. The fourth-order valence-electron chi connectivity index (χ4n) is 3.29. The second-order valence-corrected chi connectivity index (χ2v) is 6.49. The van der Waals surface area contributed by atoms with Gasteiger partial charge in [0.05, 0.1) is 6.10 Å². The van der Waals surface area contributed by atoms with Crippen LogP contribution in [-0.4, -0.2) is 44.7 Å². The molecule has 1 aromatic carbocycles. The first-order valence-corrected chi connectivity index (χ1v) is 8.34. The van der Waals surface area contributed by atoms with E-state index in [1.165, 1.54) is 0 Å². The minimum absolute atomic E-state index is 0.00436. The molecule has 4 atom stereocenters. The van der Waals surface area contributed by atoms with Crippen LogP contribution in [0.15, 0.2) is 24.3 Å². The third-order valence-electron chi connectivity index (χ3n) is 4.65. The van der Waals surface area contributed by atoms with E-state index < -0.39 is 0 Å². The predicted molar refractivity (Wildman–Crippen MR) is 89.0 cm³/mol. The minimum atomic E-state index is -0.212. The van der Waals surface area contributed by atoms with E-state index in [0.29, 0.717) is 17.6 Å². The molecule has 2 fully saturated rings. The topological polar surface area (TPSA) is 74.4 Å². The van der Waals surface area contributed by atoms with Crippen LogP contribution in [0, 0.1) is 5.92 Å². The highest BCUT2D eigenvalue weighted by atomic mass is 35.5. The Morgan fingerprint density at radius 1 is 1.39 bits per heavy atom. The fraction of sp³-hybridized carbons (Fsp3) is 0.562. The molecular formula is C16H23ClN4O2. The van der Waals surface area contributed by atoms with Gasteiger partial charge in [0.2, 0.25) is 5.91 Å². The highest BCUT2D eigenvalue weighted by molar-refractivity contribution is 6.30. The van der Waals surface area contributed by atoms with Crippen LogP contribution in [0.25, 0.3) is 0 Å². The van der Waals surface area contributed by atoms with Crippen LogP contribution in [-0.2, 0) is 9.53 Å². The number of carbonyl (C=O) groups is 1. The number of amides is 1. The molecule has 0 spiro atoms. The molecule has 6 nitrogen and oxygen atoms in total. The van der Waals surface area contributed by atoms with Crippen molar-refractivity contribution in [3.8, 4) is 0 Å². The van der Waals surface area contributed by atoms with Gasteiger partial charge in [-0.25, -0.2) is 5.43 Å². The zero-order valence-electron chi connectivity index (χ0n) is 13.1. The van der Waals surface area contributed by atoms with Gasteiger partial charge in [-0.2, -0.15) is 0 Å². The van der Waals surface area contributed by atoms with Crippen LogP contribution in [0.5, 0.6) is 0 Å². The maximum Gasteiger partial charge on any atom is 0.238 e. The molecule has 1 amide bonds. The molecule has 4 unspecified atom stereocenters. The van der Waals surface area contributed by atoms with E-state index in [1.807, 2.05) is 24.3 Å². The number of hydrogen-bond donors (Lipinski definition) is 4. The van der Waals surface area contributed by atoms with Gasteiger partial charge < -0.3 is 15.4 Å². The maximum atomic E-state index is 12.5. The van der Waals surface area contributed by atoms with Crippen molar-refractivity contribution in [1.29, 1.82) is 0 Å². The van der Waals surface area contributed by atoms with Crippen molar-refractivity contribution in [1.82, 2.24) is 21.5 Å². The largest absolute Gasteiger partial charge is 0.375 e. The zero-order chi connectivity index (χ0) is 16.2. The van der Waals surface area contributed by atoms with Gasteiger partial charge >= 0.3 is 0 Å². The van der Waals surface area contributed by atoms with Gasteiger partial charge in [-0.15, -0.1) is 0 Å². The molecule has 23 heavy (non-hydrogen) atoms. The number of fused-ring (bicyclic) bond motifs is 1. The molecule has 2 aliphatic rings. The van der Waals surface area contributed by atoms with Gasteiger partial charge in [0.25, 0.3) is 0 Å². The van der Waals surface area contributed by atoms with Gasteiger partial charge in [0.15, 0.2) is 0 Å². The molecule has 2 saturated heterocycles. The fourth-order valence-corrected chi connectivity index (χ4v) is 3.42. The Hall–Kier alpha value is -1.18. The molecule has 126 valence electrons. The summed E-state index contributed by atoms with van der Waals surface area (Å²) in [5.74, 6) is 0.282. The minimum Gasteiger partial charge on any atom is -0.375 e. The number of hydrazine groups is 1. The number of carbonyl (C=O) groups excluding carboxylic acids is 1. The maximum absolute atomic E-state index is 12.5. The Bertz CT molecular complexity index is 539. The van der Waals surface area contributed by atoms with E-state index in [4.69, 9.17) is 16.3 Å². The van der Waals surface area contributed by atoms with E-state index in [2.05, 4.69) is 21.5 Å². The van der Waals surface area contributed by atoms with Gasteiger partial charge in [-0.1, -0.05) is 23.7 Å². The summed E-state index contributed by atoms with van der Waals surface area (Å²) in [5, 5.41) is 7.03. The number of rotatable bonds is 5. The van der Waals surface area contributed by atoms with E-state index >= 15 is 0 Å². The van der Waals surface area contributed by atoms with E-state index in [9.17, 15) is 4.79 Å². The van der Waals surface area contributed by atoms with Crippen molar-refractivity contribution < 1.29 is 9.53 Å². The molecule has 4 N–H and O–H groups in total. The molecule has 0 bridgehead atoms. The predicted octanol–water partition coefficient (Wildman–Crippen LogP) is 0.598. The van der Waals surface area contributed by atoms with E-state index in [1.54, 1.807) is 7.11 Å². The smallest absolute Gasteiger partial charge is 0.238 e. The number of piperidine rings is 1. The molecule has 3 rings (SSSR count). The molecule has 2 heterocycles. The van der Waals surface area contributed by atoms with Crippen LogP contribution in [0.4, 0.5) is 0 Å². The summed E-state index contributed by atoms with van der Waals surface area (Å²) in [4.78, 5) is 12.5. The Morgan fingerprint density at radius 2 is 2.17 bits per heavy atom. The first kappa shape index (κ1) is 16.7. The van der Waals surface area contributed by atoms with Crippen molar-refractivity contribution in [2.75, 3.05) is 26.7 Å². The highest BCUT2D eigenvalue weighted by Gasteiger charge is 2.41. The van der Waals surface area contributed by atoms with Gasteiger partial charge in [-0.05, 0) is 30.7 Å². The lowest BCUT2D eigenvalue weighted by Crippen LogP contribution is -2.49. The standard InChI is InChI=1S/C16H23ClN4O2/c1-23-14(10-2-4-11(17)5-3-10)9-19-16(22)15-12-8-18-7-6-13(12)20-21-15/h2-5,12-15,18,20-21H,6-9H2,1H3,(H,19,22). The first-order valence-electron chi connectivity index (χ1n) is 7.97. The normalized spacial score (nSPS) is 28.2. The van der Waals surface area contributed by atoms with Crippen LogP contribution in [0.1, 0.15) is 18.1 Å². The summed E-state index contributed by atoms with van der Waals surface area (Å²) in [7, 11) is 1.64. The van der Waals surface area contributed by atoms with Crippen LogP contribution in [0.3, 0.4) is 0 Å². The summed E-state index contributed by atoms with van der Waals surface area (Å²) in [6.07, 6.45) is 0.846. The molecule has 0 aromatic heterocycles. The Morgan fingerprint density at radius 3 is 2.91 bits per heavy atom. The second-order valence-electron chi connectivity index (χ2n) is 6.05. The number of hydrogen-bond acceptors (Lipinski definition) is 5. The monoisotopic (exact) mass is 338 g/mol. The average molecular weight is 339 g/mol.